The maximum Gasteiger partial charge on any atom is 0.308 e. The molecule has 0 bridgehead atoms. The zero-order chi connectivity index (χ0) is 22.2. The fourth-order valence-corrected chi connectivity index (χ4v) is 6.28. The minimum atomic E-state index is -3.66. The zero-order valence-electron chi connectivity index (χ0n) is 17.3. The van der Waals surface area contributed by atoms with Gasteiger partial charge in [-0.25, -0.2) is 8.42 Å². The van der Waals surface area contributed by atoms with E-state index in [4.69, 9.17) is 4.74 Å². The third kappa shape index (κ3) is 3.98. The molecule has 2 aromatic carbocycles. The van der Waals surface area contributed by atoms with Crippen molar-refractivity contribution in [2.75, 3.05) is 25.5 Å². The molecule has 3 aromatic rings. The Bertz CT molecular complexity index is 1300. The first-order valence-electron chi connectivity index (χ1n) is 9.98. The molecule has 0 unspecified atom stereocenters. The van der Waals surface area contributed by atoms with Crippen molar-refractivity contribution < 1.29 is 17.9 Å². The van der Waals surface area contributed by atoms with E-state index in [0.29, 0.717) is 25.3 Å². The van der Waals surface area contributed by atoms with Crippen molar-refractivity contribution in [3.8, 4) is 5.75 Å². The first kappa shape index (κ1) is 21.5. The van der Waals surface area contributed by atoms with Crippen LogP contribution in [0.2, 0.25) is 0 Å². The Morgan fingerprint density at radius 3 is 2.58 bits per heavy atom. The number of hydrogen-bond donors (Lipinski definition) is 1. The summed E-state index contributed by atoms with van der Waals surface area (Å²) in [4.78, 5) is 25.1. The lowest BCUT2D eigenvalue weighted by atomic mass is 10.1. The van der Waals surface area contributed by atoms with Gasteiger partial charge in [-0.3, -0.25) is 14.2 Å². The van der Waals surface area contributed by atoms with Gasteiger partial charge in [0.15, 0.2) is 0 Å². The van der Waals surface area contributed by atoms with E-state index in [-0.39, 0.29) is 21.1 Å². The molecule has 1 aliphatic rings. The Balaban J connectivity index is 1.66. The number of sulfonamides is 1. The van der Waals surface area contributed by atoms with Gasteiger partial charge in [-0.05, 0) is 56.2 Å². The van der Waals surface area contributed by atoms with Crippen LogP contribution < -0.4 is 14.9 Å². The number of carbonyl (C=O) groups excluding carboxylic acids is 1. The highest BCUT2D eigenvalue weighted by Gasteiger charge is 2.28. The van der Waals surface area contributed by atoms with E-state index in [1.807, 2.05) is 6.92 Å². The van der Waals surface area contributed by atoms with E-state index >= 15 is 0 Å². The summed E-state index contributed by atoms with van der Waals surface area (Å²) >= 11 is 1.11. The van der Waals surface area contributed by atoms with Crippen LogP contribution >= 0.6 is 11.3 Å². The van der Waals surface area contributed by atoms with Crippen molar-refractivity contribution in [1.29, 1.82) is 0 Å². The Labute approximate surface area is 184 Å². The molecule has 2 heterocycles. The largest absolute Gasteiger partial charge is 0.496 e. The number of methoxy groups -OCH3 is 1. The number of benzene rings is 2. The third-order valence-electron chi connectivity index (χ3n) is 5.36. The van der Waals surface area contributed by atoms with Crippen molar-refractivity contribution in [2.45, 2.75) is 31.2 Å². The molecule has 1 amide bonds. The topological polar surface area (TPSA) is 97.7 Å². The van der Waals surface area contributed by atoms with Crippen molar-refractivity contribution in [3.63, 3.8) is 0 Å². The molecule has 0 atom stereocenters. The number of fused-ring (bicyclic) bond motifs is 1. The average Bonchev–Trinajstić information content (AvgIpc) is 3.40. The summed E-state index contributed by atoms with van der Waals surface area (Å²) in [5, 5.41) is 2.79. The molecular formula is C21H23N3O5S2. The monoisotopic (exact) mass is 461 g/mol. The van der Waals surface area contributed by atoms with Crippen LogP contribution in [0.1, 0.15) is 30.1 Å². The SMILES string of the molecule is CCn1c(=O)sc2cc(NC(=O)c3cc(S(=O)(=O)N4CCCC4)ccc3OC)ccc21. The highest BCUT2D eigenvalue weighted by atomic mass is 32.2. The van der Waals surface area contributed by atoms with Crippen LogP contribution in [0.5, 0.6) is 5.75 Å². The molecule has 1 saturated heterocycles. The van der Waals surface area contributed by atoms with Gasteiger partial charge >= 0.3 is 4.87 Å². The van der Waals surface area contributed by atoms with E-state index in [2.05, 4.69) is 5.32 Å². The summed E-state index contributed by atoms with van der Waals surface area (Å²) < 4.78 is 35.0. The van der Waals surface area contributed by atoms with E-state index in [1.165, 1.54) is 29.6 Å². The Hall–Kier alpha value is -2.69. The maximum atomic E-state index is 13.0. The summed E-state index contributed by atoms with van der Waals surface area (Å²) in [6.07, 6.45) is 1.66. The number of ether oxygens (including phenoxy) is 1. The van der Waals surface area contributed by atoms with Crippen LogP contribution in [0, 0.1) is 0 Å². The van der Waals surface area contributed by atoms with Gasteiger partial charge in [0.2, 0.25) is 10.0 Å². The molecule has 1 aliphatic heterocycles. The average molecular weight is 462 g/mol. The number of nitrogens with zero attached hydrogens (tertiary/aromatic N) is 2. The Morgan fingerprint density at radius 2 is 1.90 bits per heavy atom. The standard InChI is InChI=1S/C21H23N3O5S2/c1-3-24-17-8-6-14(12-19(17)30-21(24)26)22-20(25)16-13-15(7-9-18(16)29-2)31(27,28)23-10-4-5-11-23/h6-9,12-13H,3-5,10-11H2,1-2H3,(H,22,25). The highest BCUT2D eigenvalue weighted by Crippen LogP contribution is 2.28. The first-order chi connectivity index (χ1) is 14.8. The number of rotatable bonds is 6. The Kier molecular flexibility index (Phi) is 5.87. The molecule has 1 aromatic heterocycles. The second kappa shape index (κ2) is 8.45. The second-order valence-corrected chi connectivity index (χ2v) is 10.2. The molecule has 1 fully saturated rings. The summed E-state index contributed by atoms with van der Waals surface area (Å²) in [5.41, 5.74) is 1.45. The molecule has 0 saturated carbocycles. The van der Waals surface area contributed by atoms with Gasteiger partial charge in [-0.15, -0.1) is 0 Å². The lowest BCUT2D eigenvalue weighted by Crippen LogP contribution is -2.28. The maximum absolute atomic E-state index is 13.0. The molecule has 4 rings (SSSR count). The zero-order valence-corrected chi connectivity index (χ0v) is 18.9. The van der Waals surface area contributed by atoms with E-state index in [9.17, 15) is 18.0 Å². The molecule has 1 N–H and O–H groups in total. The van der Waals surface area contributed by atoms with Gasteiger partial charge in [-0.1, -0.05) is 11.3 Å². The molecule has 10 heteroatoms. The fourth-order valence-electron chi connectivity index (χ4n) is 3.74. The summed E-state index contributed by atoms with van der Waals surface area (Å²) in [7, 11) is -2.24. The van der Waals surface area contributed by atoms with E-state index < -0.39 is 15.9 Å². The van der Waals surface area contributed by atoms with Crippen LogP contribution in [-0.2, 0) is 16.6 Å². The van der Waals surface area contributed by atoms with Crippen molar-refractivity contribution in [2.24, 2.45) is 0 Å². The molecule has 0 radical (unpaired) electrons. The van der Waals surface area contributed by atoms with Gasteiger partial charge in [-0.2, -0.15) is 4.31 Å². The first-order valence-corrected chi connectivity index (χ1v) is 12.2. The number of carbonyl (C=O) groups is 1. The third-order valence-corrected chi connectivity index (χ3v) is 8.20. The normalized spacial score (nSPS) is 14.8. The van der Waals surface area contributed by atoms with Crippen molar-refractivity contribution >= 4 is 43.2 Å². The van der Waals surface area contributed by atoms with Gasteiger partial charge in [0.1, 0.15) is 5.75 Å². The molecule has 164 valence electrons. The smallest absolute Gasteiger partial charge is 0.308 e. The Morgan fingerprint density at radius 1 is 1.16 bits per heavy atom. The summed E-state index contributed by atoms with van der Waals surface area (Å²) in [5.74, 6) is -0.210. The number of aromatic nitrogens is 1. The fraction of sp³-hybridized carbons (Fsp3) is 0.333. The highest BCUT2D eigenvalue weighted by molar-refractivity contribution is 7.89. The van der Waals surface area contributed by atoms with Gasteiger partial charge in [0.25, 0.3) is 5.91 Å². The van der Waals surface area contributed by atoms with Crippen LogP contribution in [-0.4, -0.2) is 43.4 Å². The molecule has 0 spiro atoms. The second-order valence-electron chi connectivity index (χ2n) is 7.22. The summed E-state index contributed by atoms with van der Waals surface area (Å²) in [6.45, 7) is 3.44. The van der Waals surface area contributed by atoms with Gasteiger partial charge < -0.3 is 10.1 Å². The minimum absolute atomic E-state index is 0.0533. The number of nitrogens with one attached hydrogen (secondary N) is 1. The van der Waals surface area contributed by atoms with Crippen LogP contribution in [0.15, 0.2) is 46.1 Å². The van der Waals surface area contributed by atoms with Crippen molar-refractivity contribution in [1.82, 2.24) is 8.87 Å². The lowest BCUT2D eigenvalue weighted by molar-refractivity contribution is 0.102. The lowest BCUT2D eigenvalue weighted by Gasteiger charge is -2.17. The van der Waals surface area contributed by atoms with Crippen LogP contribution in [0.25, 0.3) is 10.2 Å². The minimum Gasteiger partial charge on any atom is -0.496 e. The number of anilines is 1. The molecular weight excluding hydrogens is 438 g/mol. The van der Waals surface area contributed by atoms with Gasteiger partial charge in [0, 0.05) is 25.3 Å². The summed E-state index contributed by atoms with van der Waals surface area (Å²) in [6, 6.07) is 9.55. The predicted molar refractivity (Wildman–Crippen MR) is 121 cm³/mol. The van der Waals surface area contributed by atoms with Crippen molar-refractivity contribution in [3.05, 3.63) is 51.6 Å². The number of aryl methyl sites for hydroxylation is 1. The van der Waals surface area contributed by atoms with Gasteiger partial charge in [0.05, 0.1) is 27.8 Å². The van der Waals surface area contributed by atoms with Crippen LogP contribution in [0.4, 0.5) is 5.69 Å². The quantitative estimate of drug-likeness (QED) is 0.608. The molecule has 8 nitrogen and oxygen atoms in total. The predicted octanol–water partition coefficient (Wildman–Crippen LogP) is 3.13. The molecule has 0 aliphatic carbocycles. The van der Waals surface area contributed by atoms with Crippen LogP contribution in [0.3, 0.4) is 0 Å². The van der Waals surface area contributed by atoms with E-state index in [0.717, 1.165) is 34.4 Å². The number of thiazole rings is 1. The molecule has 31 heavy (non-hydrogen) atoms. The number of hydrogen-bond acceptors (Lipinski definition) is 6. The van der Waals surface area contributed by atoms with E-state index in [1.54, 1.807) is 22.8 Å². The number of amides is 1.